The summed E-state index contributed by atoms with van der Waals surface area (Å²) in [6, 6.07) is 5.04. The van der Waals surface area contributed by atoms with E-state index in [1.54, 1.807) is 11.3 Å². The van der Waals surface area contributed by atoms with E-state index < -0.39 is 0 Å². The molecule has 0 saturated carbocycles. The third kappa shape index (κ3) is 2.56. The first kappa shape index (κ1) is 13.1. The first-order chi connectivity index (χ1) is 9.29. The molecule has 2 aliphatic heterocycles. The van der Waals surface area contributed by atoms with Crippen molar-refractivity contribution in [2.45, 2.75) is 51.1 Å². The van der Waals surface area contributed by atoms with Gasteiger partial charge in [-0.2, -0.15) is 0 Å². The van der Waals surface area contributed by atoms with Crippen LogP contribution in [0.5, 0.6) is 0 Å². The Morgan fingerprint density at radius 1 is 1.42 bits per heavy atom. The lowest BCUT2D eigenvalue weighted by Gasteiger charge is -2.29. The van der Waals surface area contributed by atoms with Gasteiger partial charge in [0.2, 0.25) is 0 Å². The molecule has 104 valence electrons. The summed E-state index contributed by atoms with van der Waals surface area (Å²) in [7, 11) is 0. The van der Waals surface area contributed by atoms with Gasteiger partial charge in [0, 0.05) is 23.5 Å². The fraction of sp³-hybridized carbons (Fsp3) is 0.667. The fourth-order valence-electron chi connectivity index (χ4n) is 3.33. The van der Waals surface area contributed by atoms with Crippen LogP contribution in [0.1, 0.15) is 47.2 Å². The van der Waals surface area contributed by atoms with E-state index in [9.17, 15) is 4.79 Å². The lowest BCUT2D eigenvalue weighted by Crippen LogP contribution is -2.46. The summed E-state index contributed by atoms with van der Waals surface area (Å²) < 4.78 is 0. The number of likely N-dealkylation sites (tertiary alicyclic amines) is 1. The highest BCUT2D eigenvalue weighted by molar-refractivity contribution is 7.14. The van der Waals surface area contributed by atoms with Crippen molar-refractivity contribution < 1.29 is 4.79 Å². The van der Waals surface area contributed by atoms with Crippen LogP contribution >= 0.6 is 11.3 Å². The summed E-state index contributed by atoms with van der Waals surface area (Å²) in [5, 5.41) is 3.56. The number of carbonyl (C=O) groups is 1. The first-order valence-corrected chi connectivity index (χ1v) is 8.24. The molecule has 1 aromatic heterocycles. The molecule has 19 heavy (non-hydrogen) atoms. The predicted octanol–water partition coefficient (Wildman–Crippen LogP) is 2.67. The number of hydrogen-bond acceptors (Lipinski definition) is 3. The Kier molecular flexibility index (Phi) is 3.89. The number of amides is 1. The third-order valence-electron chi connectivity index (χ3n) is 4.34. The van der Waals surface area contributed by atoms with E-state index in [0.29, 0.717) is 12.1 Å². The molecule has 4 heteroatoms. The van der Waals surface area contributed by atoms with E-state index in [4.69, 9.17) is 0 Å². The Morgan fingerprint density at radius 3 is 3.00 bits per heavy atom. The van der Waals surface area contributed by atoms with Crippen molar-refractivity contribution in [3.63, 3.8) is 0 Å². The highest BCUT2D eigenvalue weighted by atomic mass is 32.1. The van der Waals surface area contributed by atoms with Gasteiger partial charge in [-0.25, -0.2) is 0 Å². The molecule has 3 nitrogen and oxygen atoms in total. The van der Waals surface area contributed by atoms with Crippen LogP contribution in [0.25, 0.3) is 0 Å². The molecule has 2 saturated heterocycles. The van der Waals surface area contributed by atoms with Crippen LogP contribution < -0.4 is 5.32 Å². The second-order valence-electron chi connectivity index (χ2n) is 5.53. The van der Waals surface area contributed by atoms with Crippen LogP contribution in [0, 0.1) is 0 Å². The third-order valence-corrected chi connectivity index (χ3v) is 5.56. The maximum atomic E-state index is 12.7. The number of nitrogens with zero attached hydrogens (tertiary/aromatic N) is 1. The molecule has 0 aliphatic carbocycles. The van der Waals surface area contributed by atoms with Crippen molar-refractivity contribution in [2.75, 3.05) is 13.1 Å². The van der Waals surface area contributed by atoms with Gasteiger partial charge in [-0.05, 0) is 50.8 Å². The van der Waals surface area contributed by atoms with E-state index in [1.807, 2.05) is 6.07 Å². The zero-order valence-electron chi connectivity index (χ0n) is 11.5. The van der Waals surface area contributed by atoms with Crippen molar-refractivity contribution in [1.29, 1.82) is 0 Å². The van der Waals surface area contributed by atoms with E-state index in [1.165, 1.54) is 17.7 Å². The SMILES string of the molecule is CCc1ccc(C(=O)N2CCCC2C2CCCN2)s1. The van der Waals surface area contributed by atoms with Crippen LogP contribution in [0.4, 0.5) is 0 Å². The van der Waals surface area contributed by atoms with E-state index in [2.05, 4.69) is 23.2 Å². The Hall–Kier alpha value is -0.870. The molecule has 1 N–H and O–H groups in total. The summed E-state index contributed by atoms with van der Waals surface area (Å²) >= 11 is 1.66. The molecule has 2 fully saturated rings. The fourth-order valence-corrected chi connectivity index (χ4v) is 4.23. The monoisotopic (exact) mass is 278 g/mol. The van der Waals surface area contributed by atoms with Gasteiger partial charge in [0.15, 0.2) is 0 Å². The van der Waals surface area contributed by atoms with Gasteiger partial charge in [0.1, 0.15) is 0 Å². The highest BCUT2D eigenvalue weighted by Gasteiger charge is 2.36. The molecular weight excluding hydrogens is 256 g/mol. The lowest BCUT2D eigenvalue weighted by molar-refractivity contribution is 0.0716. The first-order valence-electron chi connectivity index (χ1n) is 7.42. The van der Waals surface area contributed by atoms with Gasteiger partial charge in [-0.15, -0.1) is 11.3 Å². The number of thiophene rings is 1. The normalized spacial score (nSPS) is 27.1. The molecule has 2 atom stereocenters. The van der Waals surface area contributed by atoms with Crippen LogP contribution in [-0.4, -0.2) is 36.0 Å². The summed E-state index contributed by atoms with van der Waals surface area (Å²) in [5.41, 5.74) is 0. The molecule has 0 radical (unpaired) electrons. The minimum absolute atomic E-state index is 0.251. The quantitative estimate of drug-likeness (QED) is 0.922. The molecule has 1 aromatic rings. The van der Waals surface area contributed by atoms with Gasteiger partial charge in [0.05, 0.1) is 4.88 Å². The van der Waals surface area contributed by atoms with E-state index >= 15 is 0 Å². The lowest BCUT2D eigenvalue weighted by atomic mass is 10.0. The second kappa shape index (κ2) is 5.63. The van der Waals surface area contributed by atoms with E-state index in [0.717, 1.165) is 37.2 Å². The maximum absolute atomic E-state index is 12.7. The van der Waals surface area contributed by atoms with Gasteiger partial charge in [-0.3, -0.25) is 4.79 Å². The summed E-state index contributed by atoms with van der Waals surface area (Å²) in [5.74, 6) is 0.251. The van der Waals surface area contributed by atoms with Crippen LogP contribution in [0.3, 0.4) is 0 Å². The Balaban J connectivity index is 1.74. The largest absolute Gasteiger partial charge is 0.333 e. The number of carbonyl (C=O) groups excluding carboxylic acids is 1. The predicted molar refractivity (Wildman–Crippen MR) is 78.8 cm³/mol. The van der Waals surface area contributed by atoms with Crippen molar-refractivity contribution in [3.05, 3.63) is 21.9 Å². The minimum Gasteiger partial charge on any atom is -0.333 e. The topological polar surface area (TPSA) is 32.3 Å². The van der Waals surface area contributed by atoms with Crippen molar-refractivity contribution in [3.8, 4) is 0 Å². The molecule has 1 amide bonds. The molecule has 0 aromatic carbocycles. The summed E-state index contributed by atoms with van der Waals surface area (Å²) in [6.45, 7) is 4.18. The smallest absolute Gasteiger partial charge is 0.264 e. The molecule has 0 spiro atoms. The van der Waals surface area contributed by atoms with Gasteiger partial charge in [0.25, 0.3) is 5.91 Å². The number of hydrogen-bond donors (Lipinski definition) is 1. The number of nitrogens with one attached hydrogen (secondary N) is 1. The average molecular weight is 278 g/mol. The van der Waals surface area contributed by atoms with Gasteiger partial charge in [-0.1, -0.05) is 6.92 Å². The number of aryl methyl sites for hydroxylation is 1. The standard InChI is InChI=1S/C15H22N2OS/c1-2-11-7-8-14(19-11)15(18)17-10-4-6-13(17)12-5-3-9-16-12/h7-8,12-13,16H,2-6,9-10H2,1H3. The van der Waals surface area contributed by atoms with Crippen LogP contribution in [0.2, 0.25) is 0 Å². The maximum Gasteiger partial charge on any atom is 0.264 e. The Labute approximate surface area is 119 Å². The average Bonchev–Trinajstić information content (AvgIpc) is 3.16. The van der Waals surface area contributed by atoms with Crippen molar-refractivity contribution in [2.24, 2.45) is 0 Å². The zero-order valence-corrected chi connectivity index (χ0v) is 12.3. The molecule has 2 aliphatic rings. The van der Waals surface area contributed by atoms with Crippen LogP contribution in [-0.2, 0) is 6.42 Å². The molecule has 3 rings (SSSR count). The van der Waals surface area contributed by atoms with Gasteiger partial charge >= 0.3 is 0 Å². The van der Waals surface area contributed by atoms with Crippen LogP contribution in [0.15, 0.2) is 12.1 Å². The number of rotatable bonds is 3. The second-order valence-corrected chi connectivity index (χ2v) is 6.70. The van der Waals surface area contributed by atoms with Crippen molar-refractivity contribution in [1.82, 2.24) is 10.2 Å². The molecule has 2 unspecified atom stereocenters. The molecule has 0 bridgehead atoms. The Morgan fingerprint density at radius 2 is 2.32 bits per heavy atom. The summed E-state index contributed by atoms with van der Waals surface area (Å²) in [4.78, 5) is 17.0. The molecule has 3 heterocycles. The highest BCUT2D eigenvalue weighted by Crippen LogP contribution is 2.28. The van der Waals surface area contributed by atoms with Crippen molar-refractivity contribution >= 4 is 17.2 Å². The summed E-state index contributed by atoms with van der Waals surface area (Å²) in [6.07, 6.45) is 5.81. The van der Waals surface area contributed by atoms with E-state index in [-0.39, 0.29) is 5.91 Å². The Bertz CT molecular complexity index is 451. The van der Waals surface area contributed by atoms with Gasteiger partial charge < -0.3 is 10.2 Å². The zero-order chi connectivity index (χ0) is 13.2. The molecular formula is C15H22N2OS. The minimum atomic E-state index is 0.251.